The van der Waals surface area contributed by atoms with E-state index in [1.807, 2.05) is 31.2 Å². The number of anilines is 1. The van der Waals surface area contributed by atoms with Crippen LogP contribution in [0.1, 0.15) is 39.2 Å². The average molecular weight is 345 g/mol. The lowest BCUT2D eigenvalue weighted by Gasteiger charge is -2.35. The normalized spacial score (nSPS) is 17.1. The molecule has 1 aliphatic heterocycles. The number of rotatable bonds is 6. The van der Waals surface area contributed by atoms with Gasteiger partial charge in [-0.1, -0.05) is 32.0 Å². The van der Waals surface area contributed by atoms with Crippen molar-refractivity contribution in [1.29, 1.82) is 0 Å². The quantitative estimate of drug-likeness (QED) is 0.862. The Morgan fingerprint density at radius 2 is 1.92 bits per heavy atom. The van der Waals surface area contributed by atoms with Crippen LogP contribution in [0.2, 0.25) is 0 Å². The monoisotopic (exact) mass is 345 g/mol. The van der Waals surface area contributed by atoms with Gasteiger partial charge in [0.2, 0.25) is 11.8 Å². The molecule has 0 spiro atoms. The number of hydrogen-bond donors (Lipinski definition) is 1. The number of nitrogens with zero attached hydrogens (tertiary/aromatic N) is 2. The SMILES string of the molecule is CCc1ccccc1NC(=O)CN(C)C(=O)C(C)N1CCC(C)CC1. The highest BCUT2D eigenvalue weighted by Crippen LogP contribution is 2.19. The molecule has 1 fully saturated rings. The Labute approximate surface area is 151 Å². The van der Waals surface area contributed by atoms with E-state index in [1.165, 1.54) is 4.90 Å². The number of hydrogen-bond acceptors (Lipinski definition) is 3. The molecular formula is C20H31N3O2. The molecule has 25 heavy (non-hydrogen) atoms. The Hall–Kier alpha value is -1.88. The largest absolute Gasteiger partial charge is 0.335 e. The minimum Gasteiger partial charge on any atom is -0.335 e. The molecule has 1 aromatic rings. The Morgan fingerprint density at radius 3 is 2.56 bits per heavy atom. The molecule has 1 atom stereocenters. The third-order valence-electron chi connectivity index (χ3n) is 5.15. The van der Waals surface area contributed by atoms with Crippen molar-refractivity contribution < 1.29 is 9.59 Å². The first kappa shape index (κ1) is 19.4. The highest BCUT2D eigenvalue weighted by Gasteiger charge is 2.27. The summed E-state index contributed by atoms with van der Waals surface area (Å²) in [6.07, 6.45) is 3.13. The fraction of sp³-hybridized carbons (Fsp3) is 0.600. The van der Waals surface area contributed by atoms with Crippen molar-refractivity contribution in [2.75, 3.05) is 32.0 Å². The van der Waals surface area contributed by atoms with Gasteiger partial charge in [0.15, 0.2) is 0 Å². The number of likely N-dealkylation sites (N-methyl/N-ethyl adjacent to an activating group) is 1. The number of aryl methyl sites for hydroxylation is 1. The topological polar surface area (TPSA) is 52.7 Å². The fourth-order valence-electron chi connectivity index (χ4n) is 3.32. The van der Waals surface area contributed by atoms with E-state index in [1.54, 1.807) is 7.05 Å². The molecule has 5 heteroatoms. The number of amides is 2. The molecule has 1 unspecified atom stereocenters. The van der Waals surface area contributed by atoms with Crippen LogP contribution in [0.25, 0.3) is 0 Å². The smallest absolute Gasteiger partial charge is 0.243 e. The third kappa shape index (κ3) is 5.30. The van der Waals surface area contributed by atoms with Crippen LogP contribution >= 0.6 is 0 Å². The molecule has 0 radical (unpaired) electrons. The summed E-state index contributed by atoms with van der Waals surface area (Å²) < 4.78 is 0. The number of para-hydroxylation sites is 1. The molecular weight excluding hydrogens is 314 g/mol. The highest BCUT2D eigenvalue weighted by atomic mass is 16.2. The Bertz CT molecular complexity index is 594. The van der Waals surface area contributed by atoms with Gasteiger partial charge in [0.1, 0.15) is 0 Å². The Balaban J connectivity index is 1.88. The molecule has 0 aromatic heterocycles. The van der Waals surface area contributed by atoms with E-state index in [0.29, 0.717) is 0 Å². The minimum atomic E-state index is -0.173. The van der Waals surface area contributed by atoms with E-state index in [9.17, 15) is 9.59 Å². The summed E-state index contributed by atoms with van der Waals surface area (Å²) in [7, 11) is 1.71. The maximum atomic E-state index is 12.6. The zero-order chi connectivity index (χ0) is 18.4. The van der Waals surface area contributed by atoms with E-state index < -0.39 is 0 Å². The van der Waals surface area contributed by atoms with Gasteiger partial charge in [-0.3, -0.25) is 14.5 Å². The summed E-state index contributed by atoms with van der Waals surface area (Å²) in [5, 5.41) is 2.93. The first-order valence-corrected chi connectivity index (χ1v) is 9.29. The molecule has 1 aromatic carbocycles. The van der Waals surface area contributed by atoms with Gasteiger partial charge in [-0.2, -0.15) is 0 Å². The predicted molar refractivity (Wildman–Crippen MR) is 102 cm³/mol. The lowest BCUT2D eigenvalue weighted by atomic mass is 9.98. The second-order valence-electron chi connectivity index (χ2n) is 7.15. The van der Waals surface area contributed by atoms with Crippen molar-refractivity contribution in [3.8, 4) is 0 Å². The number of piperidine rings is 1. The standard InChI is InChI=1S/C20H31N3O2/c1-5-17-8-6-7-9-18(17)21-19(24)14-22(4)20(25)16(3)23-12-10-15(2)11-13-23/h6-9,15-16H,5,10-14H2,1-4H3,(H,21,24). The predicted octanol–water partition coefficient (Wildman–Crippen LogP) is 2.77. The summed E-state index contributed by atoms with van der Waals surface area (Å²) in [4.78, 5) is 28.7. The van der Waals surface area contributed by atoms with Crippen molar-refractivity contribution in [2.45, 2.75) is 46.1 Å². The number of carbonyl (C=O) groups is 2. The highest BCUT2D eigenvalue weighted by molar-refractivity contribution is 5.95. The zero-order valence-electron chi connectivity index (χ0n) is 15.9. The van der Waals surface area contributed by atoms with Crippen LogP contribution in [-0.4, -0.2) is 54.3 Å². The number of benzene rings is 1. The van der Waals surface area contributed by atoms with E-state index in [-0.39, 0.29) is 24.4 Å². The average Bonchev–Trinajstić information content (AvgIpc) is 2.61. The molecule has 0 aliphatic carbocycles. The maximum Gasteiger partial charge on any atom is 0.243 e. The number of nitrogens with one attached hydrogen (secondary N) is 1. The molecule has 1 saturated heterocycles. The van der Waals surface area contributed by atoms with Crippen LogP contribution in [0.4, 0.5) is 5.69 Å². The lowest BCUT2D eigenvalue weighted by molar-refractivity contribution is -0.138. The van der Waals surface area contributed by atoms with Crippen molar-refractivity contribution in [3.63, 3.8) is 0 Å². The molecule has 1 heterocycles. The van der Waals surface area contributed by atoms with Gasteiger partial charge in [0, 0.05) is 12.7 Å². The van der Waals surface area contributed by atoms with E-state index in [0.717, 1.165) is 49.5 Å². The molecule has 2 rings (SSSR count). The van der Waals surface area contributed by atoms with Crippen LogP contribution in [-0.2, 0) is 16.0 Å². The zero-order valence-corrected chi connectivity index (χ0v) is 15.9. The Morgan fingerprint density at radius 1 is 1.28 bits per heavy atom. The second kappa shape index (κ2) is 8.99. The first-order valence-electron chi connectivity index (χ1n) is 9.29. The molecule has 0 saturated carbocycles. The van der Waals surface area contributed by atoms with Crippen LogP contribution in [0.15, 0.2) is 24.3 Å². The maximum absolute atomic E-state index is 12.6. The van der Waals surface area contributed by atoms with Gasteiger partial charge >= 0.3 is 0 Å². The van der Waals surface area contributed by atoms with Gasteiger partial charge < -0.3 is 10.2 Å². The summed E-state index contributed by atoms with van der Waals surface area (Å²) in [5.74, 6) is 0.588. The summed E-state index contributed by atoms with van der Waals surface area (Å²) in [5.41, 5.74) is 1.93. The van der Waals surface area contributed by atoms with Crippen LogP contribution in [0.3, 0.4) is 0 Å². The van der Waals surface area contributed by atoms with Crippen LogP contribution in [0, 0.1) is 5.92 Å². The molecule has 1 aliphatic rings. The van der Waals surface area contributed by atoms with E-state index in [4.69, 9.17) is 0 Å². The van der Waals surface area contributed by atoms with Crippen LogP contribution < -0.4 is 5.32 Å². The van der Waals surface area contributed by atoms with E-state index >= 15 is 0 Å². The number of likely N-dealkylation sites (tertiary alicyclic amines) is 1. The van der Waals surface area contributed by atoms with Crippen molar-refractivity contribution >= 4 is 17.5 Å². The number of carbonyl (C=O) groups excluding carboxylic acids is 2. The van der Waals surface area contributed by atoms with E-state index in [2.05, 4.69) is 24.1 Å². The van der Waals surface area contributed by atoms with Gasteiger partial charge in [-0.15, -0.1) is 0 Å². The molecule has 138 valence electrons. The van der Waals surface area contributed by atoms with Crippen molar-refractivity contribution in [3.05, 3.63) is 29.8 Å². The fourth-order valence-corrected chi connectivity index (χ4v) is 3.32. The lowest BCUT2D eigenvalue weighted by Crippen LogP contribution is -2.49. The van der Waals surface area contributed by atoms with Crippen LogP contribution in [0.5, 0.6) is 0 Å². The van der Waals surface area contributed by atoms with Crippen molar-refractivity contribution in [1.82, 2.24) is 9.80 Å². The molecule has 1 N–H and O–H groups in total. The van der Waals surface area contributed by atoms with Gasteiger partial charge in [-0.25, -0.2) is 0 Å². The summed E-state index contributed by atoms with van der Waals surface area (Å²) in [6, 6.07) is 7.60. The van der Waals surface area contributed by atoms with Gasteiger partial charge in [-0.05, 0) is 56.8 Å². The molecule has 0 bridgehead atoms. The third-order valence-corrected chi connectivity index (χ3v) is 5.15. The second-order valence-corrected chi connectivity index (χ2v) is 7.15. The van der Waals surface area contributed by atoms with Crippen molar-refractivity contribution in [2.24, 2.45) is 5.92 Å². The Kier molecular flexibility index (Phi) is 7.00. The minimum absolute atomic E-state index is 0.00785. The van der Waals surface area contributed by atoms with Gasteiger partial charge in [0.25, 0.3) is 0 Å². The molecule has 2 amide bonds. The summed E-state index contributed by atoms with van der Waals surface area (Å²) in [6.45, 7) is 8.25. The first-order chi connectivity index (χ1) is 11.9. The van der Waals surface area contributed by atoms with Gasteiger partial charge in [0.05, 0.1) is 12.6 Å². The molecule has 5 nitrogen and oxygen atoms in total. The summed E-state index contributed by atoms with van der Waals surface area (Å²) >= 11 is 0.